The van der Waals surface area contributed by atoms with Gasteiger partial charge in [-0.25, -0.2) is 0 Å². The number of aromatic nitrogens is 1. The number of nitrogens with one attached hydrogen (secondary N) is 1. The first-order valence-corrected chi connectivity index (χ1v) is 7.12. The van der Waals surface area contributed by atoms with Gasteiger partial charge in [0.1, 0.15) is 5.76 Å². The van der Waals surface area contributed by atoms with Crippen LogP contribution in [-0.2, 0) is 9.59 Å². The van der Waals surface area contributed by atoms with Crippen molar-refractivity contribution < 1.29 is 14.1 Å². The molecule has 2 rings (SSSR count). The van der Waals surface area contributed by atoms with Gasteiger partial charge in [-0.3, -0.25) is 9.59 Å². The average molecular weight is 279 g/mol. The number of carbonyl (C=O) groups is 2. The van der Waals surface area contributed by atoms with Gasteiger partial charge in [0.15, 0.2) is 5.82 Å². The van der Waals surface area contributed by atoms with Crippen molar-refractivity contribution in [2.24, 2.45) is 5.92 Å². The number of unbranched alkanes of at least 4 members (excludes halogenated alkanes) is 1. The van der Waals surface area contributed by atoms with Crippen molar-refractivity contribution in [3.05, 3.63) is 11.8 Å². The summed E-state index contributed by atoms with van der Waals surface area (Å²) in [6.07, 6.45) is 3.81. The van der Waals surface area contributed by atoms with Gasteiger partial charge in [-0.05, 0) is 26.2 Å². The lowest BCUT2D eigenvalue weighted by atomic mass is 10.2. The third kappa shape index (κ3) is 4.08. The third-order valence-corrected chi connectivity index (χ3v) is 3.25. The lowest BCUT2D eigenvalue weighted by molar-refractivity contribution is -0.135. The molecule has 0 unspecified atom stereocenters. The van der Waals surface area contributed by atoms with E-state index in [9.17, 15) is 9.59 Å². The second-order valence-electron chi connectivity index (χ2n) is 5.26. The molecule has 1 aliphatic carbocycles. The molecule has 1 aromatic rings. The molecule has 1 heterocycles. The zero-order chi connectivity index (χ0) is 14.5. The van der Waals surface area contributed by atoms with E-state index in [-0.39, 0.29) is 24.3 Å². The minimum Gasteiger partial charge on any atom is -0.360 e. The second kappa shape index (κ2) is 6.54. The number of nitrogens with zero attached hydrogens (tertiary/aromatic N) is 2. The molecule has 1 aliphatic rings. The van der Waals surface area contributed by atoms with E-state index in [0.29, 0.717) is 18.1 Å². The normalized spacial score (nSPS) is 14.1. The maximum Gasteiger partial charge on any atom is 0.245 e. The van der Waals surface area contributed by atoms with Gasteiger partial charge in [-0.2, -0.15) is 0 Å². The van der Waals surface area contributed by atoms with Crippen LogP contribution in [0.3, 0.4) is 0 Å². The van der Waals surface area contributed by atoms with Crippen LogP contribution in [0.4, 0.5) is 5.82 Å². The number of anilines is 1. The van der Waals surface area contributed by atoms with E-state index < -0.39 is 0 Å². The Morgan fingerprint density at radius 2 is 2.25 bits per heavy atom. The summed E-state index contributed by atoms with van der Waals surface area (Å²) in [4.78, 5) is 25.7. The number of aryl methyl sites for hydroxylation is 1. The summed E-state index contributed by atoms with van der Waals surface area (Å²) in [7, 11) is 0. The van der Waals surface area contributed by atoms with E-state index >= 15 is 0 Å². The Labute approximate surface area is 118 Å². The maximum atomic E-state index is 12.1. The van der Waals surface area contributed by atoms with E-state index in [1.807, 2.05) is 0 Å². The zero-order valence-electron chi connectivity index (χ0n) is 12.0. The minimum absolute atomic E-state index is 0.0846. The Balaban J connectivity index is 1.88. The van der Waals surface area contributed by atoms with Crippen molar-refractivity contribution in [3.63, 3.8) is 0 Å². The molecule has 1 aromatic heterocycles. The third-order valence-electron chi connectivity index (χ3n) is 3.25. The average Bonchev–Trinajstić information content (AvgIpc) is 3.18. The highest BCUT2D eigenvalue weighted by Gasteiger charge is 2.33. The summed E-state index contributed by atoms with van der Waals surface area (Å²) in [5, 5.41) is 6.35. The van der Waals surface area contributed by atoms with Gasteiger partial charge in [-0.15, -0.1) is 0 Å². The molecule has 0 spiro atoms. The molecule has 110 valence electrons. The van der Waals surface area contributed by atoms with Gasteiger partial charge in [0.25, 0.3) is 0 Å². The van der Waals surface area contributed by atoms with Crippen LogP contribution in [0.15, 0.2) is 10.6 Å². The molecule has 20 heavy (non-hydrogen) atoms. The standard InChI is InChI=1S/C14H21N3O3/c1-3-4-7-17(14(19)11-5-6-11)9-13(18)15-12-8-10(2)20-16-12/h8,11H,3-7,9H2,1-2H3,(H,15,16,18). The number of hydrogen-bond donors (Lipinski definition) is 1. The van der Waals surface area contributed by atoms with Gasteiger partial charge in [0.05, 0.1) is 6.54 Å². The maximum absolute atomic E-state index is 12.1. The molecular weight excluding hydrogens is 258 g/mol. The summed E-state index contributed by atoms with van der Waals surface area (Å²) in [5.74, 6) is 1.03. The largest absolute Gasteiger partial charge is 0.360 e. The molecule has 6 nitrogen and oxygen atoms in total. The summed E-state index contributed by atoms with van der Waals surface area (Å²) < 4.78 is 4.89. The highest BCUT2D eigenvalue weighted by molar-refractivity contribution is 5.94. The van der Waals surface area contributed by atoms with Crippen LogP contribution in [0.5, 0.6) is 0 Å². The molecule has 0 radical (unpaired) electrons. The molecular formula is C14H21N3O3. The highest BCUT2D eigenvalue weighted by atomic mass is 16.5. The van der Waals surface area contributed by atoms with Gasteiger partial charge < -0.3 is 14.7 Å². The minimum atomic E-state index is -0.233. The molecule has 6 heteroatoms. The topological polar surface area (TPSA) is 75.4 Å². The Morgan fingerprint density at radius 1 is 1.50 bits per heavy atom. The smallest absolute Gasteiger partial charge is 0.245 e. The van der Waals surface area contributed by atoms with Crippen molar-refractivity contribution in [1.82, 2.24) is 10.1 Å². The van der Waals surface area contributed by atoms with Crippen LogP contribution in [0.1, 0.15) is 38.4 Å². The number of carbonyl (C=O) groups excluding carboxylic acids is 2. The number of amides is 2. The van der Waals surface area contributed by atoms with Gasteiger partial charge >= 0.3 is 0 Å². The highest BCUT2D eigenvalue weighted by Crippen LogP contribution is 2.31. The molecule has 1 fully saturated rings. The van der Waals surface area contributed by atoms with Gasteiger partial charge in [0.2, 0.25) is 11.8 Å². The Hall–Kier alpha value is -1.85. The first-order chi connectivity index (χ1) is 9.60. The molecule has 0 saturated heterocycles. The van der Waals surface area contributed by atoms with E-state index in [0.717, 1.165) is 25.7 Å². The molecule has 1 saturated carbocycles. The second-order valence-corrected chi connectivity index (χ2v) is 5.26. The SMILES string of the molecule is CCCCN(CC(=O)Nc1cc(C)on1)C(=O)C1CC1. The molecule has 1 N–H and O–H groups in total. The van der Waals surface area contributed by atoms with Crippen molar-refractivity contribution in [2.75, 3.05) is 18.4 Å². The molecule has 0 bridgehead atoms. The first kappa shape index (κ1) is 14.6. The van der Waals surface area contributed by atoms with Crippen LogP contribution in [0.2, 0.25) is 0 Å². The van der Waals surface area contributed by atoms with E-state index in [1.165, 1.54) is 0 Å². The summed E-state index contributed by atoms with van der Waals surface area (Å²) in [6, 6.07) is 1.65. The number of hydrogen-bond acceptors (Lipinski definition) is 4. The molecule has 0 aliphatic heterocycles. The van der Waals surface area contributed by atoms with Gasteiger partial charge in [0, 0.05) is 18.5 Å². The van der Waals surface area contributed by atoms with Crippen LogP contribution in [0, 0.1) is 12.8 Å². The van der Waals surface area contributed by atoms with Crippen LogP contribution >= 0.6 is 0 Å². The van der Waals surface area contributed by atoms with E-state index in [2.05, 4.69) is 17.4 Å². The fourth-order valence-electron chi connectivity index (χ4n) is 1.99. The van der Waals surface area contributed by atoms with Crippen LogP contribution < -0.4 is 5.32 Å². The van der Waals surface area contributed by atoms with E-state index in [1.54, 1.807) is 17.9 Å². The molecule has 0 aromatic carbocycles. The predicted molar refractivity (Wildman–Crippen MR) is 74.1 cm³/mol. The van der Waals surface area contributed by atoms with Gasteiger partial charge in [-0.1, -0.05) is 18.5 Å². The zero-order valence-corrected chi connectivity index (χ0v) is 12.0. The monoisotopic (exact) mass is 279 g/mol. The lowest BCUT2D eigenvalue weighted by Gasteiger charge is -2.21. The van der Waals surface area contributed by atoms with Crippen molar-refractivity contribution in [2.45, 2.75) is 39.5 Å². The predicted octanol–water partition coefficient (Wildman–Crippen LogP) is 1.96. The Bertz CT molecular complexity index is 480. The summed E-state index contributed by atoms with van der Waals surface area (Å²) >= 11 is 0. The quantitative estimate of drug-likeness (QED) is 0.828. The van der Waals surface area contributed by atoms with Crippen LogP contribution in [0.25, 0.3) is 0 Å². The van der Waals surface area contributed by atoms with Crippen molar-refractivity contribution in [1.29, 1.82) is 0 Å². The first-order valence-electron chi connectivity index (χ1n) is 7.12. The Kier molecular flexibility index (Phi) is 4.76. The van der Waals surface area contributed by atoms with Crippen molar-refractivity contribution in [3.8, 4) is 0 Å². The fourth-order valence-corrected chi connectivity index (χ4v) is 1.99. The van der Waals surface area contributed by atoms with Crippen LogP contribution in [-0.4, -0.2) is 35.0 Å². The van der Waals surface area contributed by atoms with Crippen molar-refractivity contribution >= 4 is 17.6 Å². The number of rotatable bonds is 7. The Morgan fingerprint density at radius 3 is 2.80 bits per heavy atom. The van der Waals surface area contributed by atoms with E-state index in [4.69, 9.17) is 4.52 Å². The molecule has 0 atom stereocenters. The lowest BCUT2D eigenvalue weighted by Crippen LogP contribution is -2.39. The summed E-state index contributed by atoms with van der Waals surface area (Å²) in [6.45, 7) is 4.54. The molecule has 2 amide bonds. The summed E-state index contributed by atoms with van der Waals surface area (Å²) in [5.41, 5.74) is 0. The fraction of sp³-hybridized carbons (Fsp3) is 0.643.